The molecule has 1 rings (SSSR count). The minimum absolute atomic E-state index is 0.158. The van der Waals surface area contributed by atoms with Crippen LogP contribution in [0.5, 0.6) is 0 Å². The highest BCUT2D eigenvalue weighted by Crippen LogP contribution is 2.24. The molecular weight excluding hydrogens is 241 g/mol. The van der Waals surface area contributed by atoms with Gasteiger partial charge in [-0.1, -0.05) is 13.3 Å². The van der Waals surface area contributed by atoms with Gasteiger partial charge in [0.2, 0.25) is 0 Å². The Morgan fingerprint density at radius 1 is 1.50 bits per heavy atom. The lowest BCUT2D eigenvalue weighted by Gasteiger charge is -2.07. The number of carbonyl (C=O) groups excluding carboxylic acids is 1. The molecule has 18 heavy (non-hydrogen) atoms. The maximum absolute atomic E-state index is 13.0. The van der Waals surface area contributed by atoms with Gasteiger partial charge in [-0.15, -0.1) is 0 Å². The van der Waals surface area contributed by atoms with Crippen molar-refractivity contribution in [1.29, 1.82) is 0 Å². The van der Waals surface area contributed by atoms with E-state index in [0.29, 0.717) is 6.54 Å². The van der Waals surface area contributed by atoms with E-state index in [1.54, 1.807) is 0 Å². The van der Waals surface area contributed by atoms with E-state index < -0.39 is 16.8 Å². The highest BCUT2D eigenvalue weighted by Gasteiger charge is 2.16. The average molecular weight is 255 g/mol. The van der Waals surface area contributed by atoms with Crippen LogP contribution in [0.4, 0.5) is 20.6 Å². The molecule has 0 atom stereocenters. The molecule has 0 radical (unpaired) electrons. The van der Waals surface area contributed by atoms with Gasteiger partial charge in [0.05, 0.1) is 4.92 Å². The molecule has 7 heteroatoms. The molecule has 0 aromatic heterocycles. The standard InChI is InChI=1S/C11H14FN3O3/c1-2-3-6-13-11(16)14-9-7-8(12)4-5-10(9)15(17)18/h4-5,7H,2-3,6H2,1H3,(H2,13,14,16). The molecule has 0 aliphatic rings. The number of nitro groups is 1. The maximum atomic E-state index is 13.0. The fraction of sp³-hybridized carbons (Fsp3) is 0.364. The molecule has 0 fully saturated rings. The first-order valence-corrected chi connectivity index (χ1v) is 5.53. The number of urea groups is 1. The van der Waals surface area contributed by atoms with Crippen molar-refractivity contribution in [2.24, 2.45) is 0 Å². The summed E-state index contributed by atoms with van der Waals surface area (Å²) in [5, 5.41) is 15.5. The third kappa shape index (κ3) is 4.00. The molecule has 0 saturated heterocycles. The quantitative estimate of drug-likeness (QED) is 0.482. The Hall–Kier alpha value is -2.18. The summed E-state index contributed by atoms with van der Waals surface area (Å²) in [6.45, 7) is 2.43. The molecule has 0 heterocycles. The maximum Gasteiger partial charge on any atom is 0.319 e. The molecule has 2 amide bonds. The van der Waals surface area contributed by atoms with Crippen LogP contribution in [0.3, 0.4) is 0 Å². The van der Waals surface area contributed by atoms with Crippen molar-refractivity contribution in [3.63, 3.8) is 0 Å². The molecule has 0 spiro atoms. The van der Waals surface area contributed by atoms with Gasteiger partial charge in [-0.3, -0.25) is 10.1 Å². The normalized spacial score (nSPS) is 9.89. The molecule has 6 nitrogen and oxygen atoms in total. The van der Waals surface area contributed by atoms with E-state index in [0.717, 1.165) is 31.0 Å². The van der Waals surface area contributed by atoms with Crippen LogP contribution < -0.4 is 10.6 Å². The first-order valence-electron chi connectivity index (χ1n) is 5.53. The van der Waals surface area contributed by atoms with E-state index in [2.05, 4.69) is 10.6 Å². The lowest BCUT2D eigenvalue weighted by molar-refractivity contribution is -0.384. The van der Waals surface area contributed by atoms with Crippen molar-refractivity contribution in [3.05, 3.63) is 34.1 Å². The van der Waals surface area contributed by atoms with Crippen LogP contribution in [-0.2, 0) is 0 Å². The van der Waals surface area contributed by atoms with Gasteiger partial charge in [0.15, 0.2) is 0 Å². The number of nitrogens with zero attached hydrogens (tertiary/aromatic N) is 1. The number of unbranched alkanes of at least 4 members (excludes halogenated alkanes) is 1. The summed E-state index contributed by atoms with van der Waals surface area (Å²) >= 11 is 0. The van der Waals surface area contributed by atoms with Crippen molar-refractivity contribution in [3.8, 4) is 0 Å². The minimum Gasteiger partial charge on any atom is -0.338 e. The first kappa shape index (κ1) is 13.9. The van der Waals surface area contributed by atoms with E-state index in [1.165, 1.54) is 0 Å². The van der Waals surface area contributed by atoms with Crippen LogP contribution in [-0.4, -0.2) is 17.5 Å². The molecule has 0 aliphatic carbocycles. The van der Waals surface area contributed by atoms with Crippen LogP contribution in [0, 0.1) is 15.9 Å². The molecule has 0 aliphatic heterocycles. The second-order valence-corrected chi connectivity index (χ2v) is 3.65. The van der Waals surface area contributed by atoms with Gasteiger partial charge in [0.1, 0.15) is 11.5 Å². The monoisotopic (exact) mass is 255 g/mol. The lowest BCUT2D eigenvalue weighted by Crippen LogP contribution is -2.29. The second kappa shape index (κ2) is 6.53. The number of hydrogen-bond acceptors (Lipinski definition) is 3. The number of nitrogens with one attached hydrogen (secondary N) is 2. The zero-order valence-corrected chi connectivity index (χ0v) is 9.90. The summed E-state index contributed by atoms with van der Waals surface area (Å²) in [6, 6.07) is 2.31. The summed E-state index contributed by atoms with van der Waals surface area (Å²) in [5.41, 5.74) is -0.504. The van der Waals surface area contributed by atoms with Crippen LogP contribution in [0.2, 0.25) is 0 Å². The highest BCUT2D eigenvalue weighted by atomic mass is 19.1. The van der Waals surface area contributed by atoms with Gasteiger partial charge in [-0.2, -0.15) is 0 Å². The Bertz CT molecular complexity index is 451. The number of carbonyl (C=O) groups is 1. The van der Waals surface area contributed by atoms with Gasteiger partial charge < -0.3 is 10.6 Å². The Kier molecular flexibility index (Phi) is 5.04. The molecule has 0 bridgehead atoms. The summed E-state index contributed by atoms with van der Waals surface area (Å²) < 4.78 is 13.0. The van der Waals surface area contributed by atoms with Gasteiger partial charge >= 0.3 is 6.03 Å². The Labute approximate surface area is 103 Å². The van der Waals surface area contributed by atoms with Crippen LogP contribution in [0.1, 0.15) is 19.8 Å². The molecule has 0 saturated carbocycles. The lowest BCUT2D eigenvalue weighted by atomic mass is 10.2. The van der Waals surface area contributed by atoms with Crippen LogP contribution in [0.25, 0.3) is 0 Å². The number of rotatable bonds is 5. The van der Waals surface area contributed by atoms with Crippen LogP contribution in [0.15, 0.2) is 18.2 Å². The van der Waals surface area contributed by atoms with Crippen molar-refractivity contribution in [1.82, 2.24) is 5.32 Å². The second-order valence-electron chi connectivity index (χ2n) is 3.65. The predicted octanol–water partition coefficient (Wildman–Crippen LogP) is 2.66. The Morgan fingerprint density at radius 2 is 2.22 bits per heavy atom. The summed E-state index contributed by atoms with van der Waals surface area (Å²) in [4.78, 5) is 21.4. The summed E-state index contributed by atoms with van der Waals surface area (Å²) in [5.74, 6) is -0.649. The number of halogens is 1. The topological polar surface area (TPSA) is 84.3 Å². The first-order chi connectivity index (χ1) is 8.54. The van der Waals surface area contributed by atoms with Gasteiger partial charge in [-0.25, -0.2) is 9.18 Å². The van der Waals surface area contributed by atoms with E-state index in [4.69, 9.17) is 0 Å². The number of amides is 2. The predicted molar refractivity (Wildman–Crippen MR) is 65.0 cm³/mol. The van der Waals surface area contributed by atoms with E-state index in [-0.39, 0.29) is 11.4 Å². The summed E-state index contributed by atoms with van der Waals surface area (Å²) in [7, 11) is 0. The van der Waals surface area contributed by atoms with Crippen molar-refractivity contribution in [2.45, 2.75) is 19.8 Å². The molecule has 98 valence electrons. The largest absolute Gasteiger partial charge is 0.338 e. The number of hydrogen-bond donors (Lipinski definition) is 2. The van der Waals surface area contributed by atoms with E-state index >= 15 is 0 Å². The minimum atomic E-state index is -0.679. The SMILES string of the molecule is CCCCNC(=O)Nc1cc(F)ccc1[N+](=O)[O-]. The third-order valence-electron chi connectivity index (χ3n) is 2.22. The zero-order valence-electron chi connectivity index (χ0n) is 9.90. The number of benzene rings is 1. The molecule has 1 aromatic carbocycles. The van der Waals surface area contributed by atoms with Gasteiger partial charge in [0, 0.05) is 18.7 Å². The molecule has 1 aromatic rings. The fourth-order valence-corrected chi connectivity index (χ4v) is 1.31. The molecule has 2 N–H and O–H groups in total. The van der Waals surface area contributed by atoms with E-state index in [1.807, 2.05) is 6.92 Å². The Balaban J connectivity index is 2.73. The number of anilines is 1. The Morgan fingerprint density at radius 3 is 2.83 bits per heavy atom. The zero-order chi connectivity index (χ0) is 13.5. The highest BCUT2D eigenvalue weighted by molar-refractivity contribution is 5.91. The van der Waals surface area contributed by atoms with Gasteiger partial charge in [-0.05, 0) is 12.5 Å². The third-order valence-corrected chi connectivity index (χ3v) is 2.22. The van der Waals surface area contributed by atoms with E-state index in [9.17, 15) is 19.3 Å². The van der Waals surface area contributed by atoms with Crippen molar-refractivity contribution in [2.75, 3.05) is 11.9 Å². The molecular formula is C11H14FN3O3. The van der Waals surface area contributed by atoms with Crippen LogP contribution >= 0.6 is 0 Å². The fourth-order valence-electron chi connectivity index (χ4n) is 1.31. The number of nitro benzene ring substituents is 1. The van der Waals surface area contributed by atoms with Gasteiger partial charge in [0.25, 0.3) is 5.69 Å². The smallest absolute Gasteiger partial charge is 0.319 e. The summed E-state index contributed by atoms with van der Waals surface area (Å²) in [6.07, 6.45) is 1.72. The van der Waals surface area contributed by atoms with Crippen molar-refractivity contribution < 1.29 is 14.1 Å². The average Bonchev–Trinajstić information content (AvgIpc) is 2.29. The molecule has 0 unspecified atom stereocenters. The van der Waals surface area contributed by atoms with Crippen molar-refractivity contribution >= 4 is 17.4 Å².